The third-order valence-corrected chi connectivity index (χ3v) is 1.17. The lowest BCUT2D eigenvalue weighted by molar-refractivity contribution is 0.112. The van der Waals surface area contributed by atoms with Crippen LogP contribution in [0.15, 0.2) is 24.3 Å². The third kappa shape index (κ3) is 1.00. The molecule has 0 atom stereocenters. The van der Waals surface area contributed by atoms with Gasteiger partial charge in [0.2, 0.25) is 5.39 Å². The third-order valence-electron chi connectivity index (χ3n) is 1.17. The zero-order valence-corrected chi connectivity index (χ0v) is 5.19. The Morgan fingerprint density at radius 2 is 2.10 bits per heavy atom. The molecule has 0 unspecified atom stereocenters. The average molecular weight is 133 g/mol. The monoisotopic (exact) mass is 133 g/mol. The first-order chi connectivity index (χ1) is 4.88. The number of hydrogen-bond donors (Lipinski definition) is 0. The van der Waals surface area contributed by atoms with Crippen LogP contribution < -0.4 is 0 Å². The maximum Gasteiger partial charge on any atom is 0.395 e. The number of nitrogens with zero attached hydrogens (tertiary/aromatic N) is 2. The van der Waals surface area contributed by atoms with Gasteiger partial charge in [0.05, 0.1) is 0 Å². The Hall–Kier alpha value is -1.69. The van der Waals surface area contributed by atoms with Crippen LogP contribution in [0, 0.1) is 5.39 Å². The second-order valence-corrected chi connectivity index (χ2v) is 1.78. The van der Waals surface area contributed by atoms with Gasteiger partial charge in [-0.15, -0.1) is 0 Å². The number of hydrogen-bond acceptors (Lipinski definition) is 2. The lowest BCUT2D eigenvalue weighted by Crippen LogP contribution is -1.76. The molecule has 0 aromatic heterocycles. The van der Waals surface area contributed by atoms with Gasteiger partial charge in [-0.1, -0.05) is 12.1 Å². The SMILES string of the molecule is N#[N+]c1ccccc1C=O. The van der Waals surface area contributed by atoms with Crippen LogP contribution in [0.1, 0.15) is 10.4 Å². The summed E-state index contributed by atoms with van der Waals surface area (Å²) in [5, 5.41) is 8.32. The van der Waals surface area contributed by atoms with E-state index < -0.39 is 0 Å². The molecular formula is C7H5N2O+. The van der Waals surface area contributed by atoms with E-state index in [4.69, 9.17) is 5.39 Å². The van der Waals surface area contributed by atoms with E-state index in [-0.39, 0.29) is 0 Å². The van der Waals surface area contributed by atoms with Crippen molar-refractivity contribution in [3.05, 3.63) is 34.8 Å². The van der Waals surface area contributed by atoms with Crippen LogP contribution in [0.5, 0.6) is 0 Å². The number of carbonyl (C=O) groups is 1. The summed E-state index contributed by atoms with van der Waals surface area (Å²) in [4.78, 5) is 13.1. The van der Waals surface area contributed by atoms with Crippen molar-refractivity contribution in [2.45, 2.75) is 0 Å². The Balaban J connectivity index is 3.24. The molecule has 0 bridgehead atoms. The molecule has 1 aromatic carbocycles. The summed E-state index contributed by atoms with van der Waals surface area (Å²) in [6.45, 7) is 0. The van der Waals surface area contributed by atoms with E-state index in [1.165, 1.54) is 0 Å². The highest BCUT2D eigenvalue weighted by atomic mass is 16.1. The molecule has 0 aliphatic heterocycles. The molecule has 0 amide bonds. The molecule has 0 aliphatic rings. The van der Waals surface area contributed by atoms with Crippen LogP contribution >= 0.6 is 0 Å². The van der Waals surface area contributed by atoms with Crippen LogP contribution in [-0.2, 0) is 0 Å². The van der Waals surface area contributed by atoms with Crippen molar-refractivity contribution >= 4 is 12.0 Å². The van der Waals surface area contributed by atoms with Crippen molar-refractivity contribution < 1.29 is 4.79 Å². The van der Waals surface area contributed by atoms with Gasteiger partial charge in [-0.25, -0.2) is 0 Å². The van der Waals surface area contributed by atoms with Gasteiger partial charge >= 0.3 is 5.69 Å². The van der Waals surface area contributed by atoms with E-state index >= 15 is 0 Å². The van der Waals surface area contributed by atoms with Gasteiger partial charge < -0.3 is 0 Å². The molecule has 0 saturated carbocycles. The fourth-order valence-electron chi connectivity index (χ4n) is 0.678. The summed E-state index contributed by atoms with van der Waals surface area (Å²) < 4.78 is 0. The second-order valence-electron chi connectivity index (χ2n) is 1.78. The quantitative estimate of drug-likeness (QED) is 0.434. The molecule has 48 valence electrons. The normalized spacial score (nSPS) is 8.30. The van der Waals surface area contributed by atoms with Crippen LogP contribution in [0.3, 0.4) is 0 Å². The summed E-state index contributed by atoms with van der Waals surface area (Å²) in [5.41, 5.74) is 0.697. The zero-order valence-electron chi connectivity index (χ0n) is 5.19. The summed E-state index contributed by atoms with van der Waals surface area (Å²) in [5.74, 6) is 0. The standard InChI is InChI=1S/C7H5N2O/c8-9-7-4-2-1-3-6(7)5-10/h1-5H/q+1. The van der Waals surface area contributed by atoms with E-state index in [2.05, 4.69) is 4.98 Å². The minimum atomic E-state index is 0.303. The molecule has 0 radical (unpaired) electrons. The van der Waals surface area contributed by atoms with Crippen molar-refractivity contribution in [2.75, 3.05) is 0 Å². The van der Waals surface area contributed by atoms with Crippen molar-refractivity contribution in [3.63, 3.8) is 0 Å². The fourth-order valence-corrected chi connectivity index (χ4v) is 0.678. The van der Waals surface area contributed by atoms with E-state index in [1.807, 2.05) is 0 Å². The van der Waals surface area contributed by atoms with Crippen molar-refractivity contribution in [2.24, 2.45) is 0 Å². The van der Waals surface area contributed by atoms with Gasteiger partial charge in [-0.05, 0) is 6.07 Å². The Bertz CT molecular complexity index is 288. The van der Waals surface area contributed by atoms with Crippen LogP contribution in [0.2, 0.25) is 0 Å². The van der Waals surface area contributed by atoms with E-state index in [9.17, 15) is 4.79 Å². The number of aldehydes is 1. The van der Waals surface area contributed by atoms with Crippen molar-refractivity contribution in [1.82, 2.24) is 0 Å². The first-order valence-electron chi connectivity index (χ1n) is 2.78. The van der Waals surface area contributed by atoms with E-state index in [1.54, 1.807) is 24.3 Å². The summed E-state index contributed by atoms with van der Waals surface area (Å²) in [6.07, 6.45) is 0.648. The molecule has 10 heavy (non-hydrogen) atoms. The summed E-state index contributed by atoms with van der Waals surface area (Å²) in [7, 11) is 0. The minimum Gasteiger partial charge on any atom is -0.298 e. The maximum atomic E-state index is 10.2. The highest BCUT2D eigenvalue weighted by Gasteiger charge is 2.09. The molecule has 0 aliphatic carbocycles. The molecule has 0 heterocycles. The number of diazo groups is 1. The minimum absolute atomic E-state index is 0.303. The molecule has 3 nitrogen and oxygen atoms in total. The van der Waals surface area contributed by atoms with Crippen LogP contribution in [-0.4, -0.2) is 6.29 Å². The summed E-state index contributed by atoms with van der Waals surface area (Å²) in [6, 6.07) is 6.55. The smallest absolute Gasteiger partial charge is 0.298 e. The molecule has 1 rings (SSSR count). The molecular weight excluding hydrogens is 128 g/mol. The van der Waals surface area contributed by atoms with E-state index in [0.29, 0.717) is 17.5 Å². The Kier molecular flexibility index (Phi) is 1.76. The first kappa shape index (κ1) is 6.43. The van der Waals surface area contributed by atoms with Gasteiger partial charge in [0.15, 0.2) is 11.3 Å². The van der Waals surface area contributed by atoms with Gasteiger partial charge in [-0.2, -0.15) is 0 Å². The zero-order chi connectivity index (χ0) is 7.40. The maximum absolute atomic E-state index is 10.2. The molecule has 0 fully saturated rings. The van der Waals surface area contributed by atoms with Crippen molar-refractivity contribution in [1.29, 1.82) is 5.39 Å². The van der Waals surface area contributed by atoms with Crippen molar-refractivity contribution in [3.8, 4) is 0 Å². The Labute approximate surface area is 57.9 Å². The van der Waals surface area contributed by atoms with Gasteiger partial charge in [0, 0.05) is 6.07 Å². The lowest BCUT2D eigenvalue weighted by atomic mass is 10.2. The largest absolute Gasteiger partial charge is 0.395 e. The summed E-state index contributed by atoms with van der Waals surface area (Å²) >= 11 is 0. The van der Waals surface area contributed by atoms with Crippen LogP contribution in [0.4, 0.5) is 5.69 Å². The number of rotatable bonds is 1. The highest BCUT2D eigenvalue weighted by molar-refractivity contribution is 5.84. The number of benzene rings is 1. The fraction of sp³-hybridized carbons (Fsp3) is 0. The first-order valence-corrected chi connectivity index (χ1v) is 2.78. The average Bonchev–Trinajstić information content (AvgIpc) is 2.04. The molecule has 0 spiro atoms. The predicted octanol–water partition coefficient (Wildman–Crippen LogP) is 1.98. The lowest BCUT2D eigenvalue weighted by Gasteiger charge is -1.79. The van der Waals surface area contributed by atoms with Gasteiger partial charge in [0.25, 0.3) is 0 Å². The Morgan fingerprint density at radius 1 is 1.40 bits per heavy atom. The van der Waals surface area contributed by atoms with E-state index in [0.717, 1.165) is 0 Å². The topological polar surface area (TPSA) is 45.2 Å². The Morgan fingerprint density at radius 3 is 2.60 bits per heavy atom. The van der Waals surface area contributed by atoms with Gasteiger partial charge in [0.1, 0.15) is 5.56 Å². The molecule has 3 heteroatoms. The van der Waals surface area contributed by atoms with Crippen LogP contribution in [0.25, 0.3) is 4.98 Å². The molecule has 1 aromatic rings. The second kappa shape index (κ2) is 2.74. The number of carbonyl (C=O) groups excluding carboxylic acids is 1. The predicted molar refractivity (Wildman–Crippen MR) is 36.6 cm³/mol. The van der Waals surface area contributed by atoms with Gasteiger partial charge in [-0.3, -0.25) is 4.79 Å². The highest BCUT2D eigenvalue weighted by Crippen LogP contribution is 2.15. The molecule has 0 saturated heterocycles. The molecule has 0 N–H and O–H groups in total.